The summed E-state index contributed by atoms with van der Waals surface area (Å²) in [6, 6.07) is 7.46. The molecule has 0 aliphatic rings. The van der Waals surface area contributed by atoms with Gasteiger partial charge in [-0.05, 0) is 34.1 Å². The largest absolute Gasteiger partial charge is 0.496 e. The highest BCUT2D eigenvalue weighted by Crippen LogP contribution is 2.29. The van der Waals surface area contributed by atoms with Crippen molar-refractivity contribution in [1.82, 2.24) is 9.97 Å². The number of rotatable bonds is 5. The molecule has 0 aliphatic carbocycles. The summed E-state index contributed by atoms with van der Waals surface area (Å²) in [5.41, 5.74) is 3.45. The van der Waals surface area contributed by atoms with Crippen molar-refractivity contribution in [2.45, 2.75) is 19.8 Å². The topological polar surface area (TPSA) is 85.1 Å². The highest BCUT2D eigenvalue weighted by molar-refractivity contribution is 9.10. The van der Waals surface area contributed by atoms with Gasteiger partial charge in [0.2, 0.25) is 0 Å². The van der Waals surface area contributed by atoms with Crippen LogP contribution in [-0.2, 0) is 0 Å². The third-order valence-electron chi connectivity index (χ3n) is 2.83. The van der Waals surface area contributed by atoms with Crippen molar-refractivity contribution >= 4 is 33.3 Å². The zero-order chi connectivity index (χ0) is 15.4. The number of aromatic nitrogens is 2. The highest BCUT2D eigenvalue weighted by atomic mass is 79.9. The third-order valence-corrected chi connectivity index (χ3v) is 3.45. The van der Waals surface area contributed by atoms with E-state index in [1.54, 1.807) is 13.2 Å². The van der Waals surface area contributed by atoms with Crippen molar-refractivity contribution in [1.29, 1.82) is 0 Å². The summed E-state index contributed by atoms with van der Waals surface area (Å²) in [6.45, 7) is 4.06. The summed E-state index contributed by atoms with van der Waals surface area (Å²) < 4.78 is 6.08. The minimum atomic E-state index is 0.210. The molecule has 2 aromatic rings. The van der Waals surface area contributed by atoms with Gasteiger partial charge in [-0.15, -0.1) is 0 Å². The second-order valence-electron chi connectivity index (χ2n) is 4.77. The minimum absolute atomic E-state index is 0.210. The Balaban J connectivity index is 2.30. The summed E-state index contributed by atoms with van der Waals surface area (Å²) in [5.74, 6) is 8.41. The number of nitrogens with zero attached hydrogens (tertiary/aromatic N) is 2. The molecule has 1 aromatic heterocycles. The second-order valence-corrected chi connectivity index (χ2v) is 5.62. The van der Waals surface area contributed by atoms with Crippen LogP contribution in [0.25, 0.3) is 0 Å². The molecule has 4 N–H and O–H groups in total. The Labute approximate surface area is 132 Å². The monoisotopic (exact) mass is 351 g/mol. The standard InChI is InChI=1S/C14H18BrN5O/c1-8(2)14-18-12(7-13(19-14)20-16)17-9-4-5-11(21-3)10(15)6-9/h4-8H,16H2,1-3H3,(H2,17,18,19,20). The lowest BCUT2D eigenvalue weighted by Gasteiger charge is -2.12. The molecule has 0 fully saturated rings. The van der Waals surface area contributed by atoms with E-state index in [0.717, 1.165) is 21.7 Å². The van der Waals surface area contributed by atoms with Crippen LogP contribution in [-0.4, -0.2) is 17.1 Å². The molecule has 7 heteroatoms. The Morgan fingerprint density at radius 3 is 2.48 bits per heavy atom. The molecule has 0 saturated heterocycles. The van der Waals surface area contributed by atoms with Crippen molar-refractivity contribution in [3.63, 3.8) is 0 Å². The number of nitrogens with one attached hydrogen (secondary N) is 2. The minimum Gasteiger partial charge on any atom is -0.496 e. The number of anilines is 3. The van der Waals surface area contributed by atoms with E-state index in [9.17, 15) is 0 Å². The maximum absolute atomic E-state index is 5.45. The molecular formula is C14H18BrN5O. The van der Waals surface area contributed by atoms with Crippen LogP contribution in [0.5, 0.6) is 5.75 Å². The first-order valence-corrected chi connectivity index (χ1v) is 7.29. The number of ether oxygens (including phenoxy) is 1. The molecule has 21 heavy (non-hydrogen) atoms. The normalized spacial score (nSPS) is 10.6. The van der Waals surface area contributed by atoms with Gasteiger partial charge < -0.3 is 15.5 Å². The first-order chi connectivity index (χ1) is 10.0. The fourth-order valence-corrected chi connectivity index (χ4v) is 2.29. The van der Waals surface area contributed by atoms with Crippen molar-refractivity contribution in [2.75, 3.05) is 17.9 Å². The van der Waals surface area contributed by atoms with Crippen LogP contribution >= 0.6 is 15.9 Å². The second kappa shape index (κ2) is 6.73. The number of hydrazine groups is 1. The van der Waals surface area contributed by atoms with Crippen LogP contribution in [0, 0.1) is 0 Å². The van der Waals surface area contributed by atoms with E-state index < -0.39 is 0 Å². The summed E-state index contributed by atoms with van der Waals surface area (Å²) >= 11 is 3.46. The summed E-state index contributed by atoms with van der Waals surface area (Å²) in [7, 11) is 1.63. The maximum Gasteiger partial charge on any atom is 0.145 e. The Bertz CT molecular complexity index is 633. The van der Waals surface area contributed by atoms with E-state index in [1.807, 2.05) is 32.0 Å². The fourth-order valence-electron chi connectivity index (χ4n) is 1.75. The van der Waals surface area contributed by atoms with Crippen molar-refractivity contribution in [3.05, 3.63) is 34.6 Å². The Morgan fingerprint density at radius 1 is 1.19 bits per heavy atom. The summed E-state index contributed by atoms with van der Waals surface area (Å²) in [5, 5.41) is 3.23. The van der Waals surface area contributed by atoms with Gasteiger partial charge in [0.25, 0.3) is 0 Å². The van der Waals surface area contributed by atoms with Crippen LogP contribution in [0.1, 0.15) is 25.6 Å². The van der Waals surface area contributed by atoms with Crippen molar-refractivity contribution in [2.24, 2.45) is 5.84 Å². The Hall–Kier alpha value is -1.86. The van der Waals surface area contributed by atoms with Gasteiger partial charge in [0, 0.05) is 17.7 Å². The first kappa shape index (κ1) is 15.5. The van der Waals surface area contributed by atoms with Gasteiger partial charge in [0.1, 0.15) is 23.2 Å². The molecule has 1 heterocycles. The number of nitrogens with two attached hydrogens (primary N) is 1. The molecule has 112 valence electrons. The molecular weight excluding hydrogens is 334 g/mol. The number of methoxy groups -OCH3 is 1. The Morgan fingerprint density at radius 2 is 1.90 bits per heavy atom. The van der Waals surface area contributed by atoms with E-state index in [2.05, 4.69) is 36.6 Å². The molecule has 0 spiro atoms. The van der Waals surface area contributed by atoms with Crippen LogP contribution in [0.2, 0.25) is 0 Å². The zero-order valence-corrected chi connectivity index (χ0v) is 13.7. The fraction of sp³-hybridized carbons (Fsp3) is 0.286. The van der Waals surface area contributed by atoms with E-state index in [4.69, 9.17) is 10.6 Å². The van der Waals surface area contributed by atoms with Gasteiger partial charge >= 0.3 is 0 Å². The van der Waals surface area contributed by atoms with Crippen LogP contribution < -0.4 is 21.3 Å². The molecule has 0 unspecified atom stereocenters. The number of halogens is 1. The Kier molecular flexibility index (Phi) is 4.98. The lowest BCUT2D eigenvalue weighted by molar-refractivity contribution is 0.412. The third kappa shape index (κ3) is 3.83. The molecule has 2 rings (SSSR count). The lowest BCUT2D eigenvalue weighted by Crippen LogP contribution is -2.12. The van der Waals surface area contributed by atoms with E-state index in [0.29, 0.717) is 11.6 Å². The summed E-state index contributed by atoms with van der Waals surface area (Å²) in [6.07, 6.45) is 0. The predicted molar refractivity (Wildman–Crippen MR) is 87.9 cm³/mol. The highest BCUT2D eigenvalue weighted by Gasteiger charge is 2.08. The smallest absolute Gasteiger partial charge is 0.145 e. The predicted octanol–water partition coefficient (Wildman–Crippen LogP) is 3.40. The van der Waals surface area contributed by atoms with Crippen LogP contribution in [0.4, 0.5) is 17.3 Å². The molecule has 0 radical (unpaired) electrons. The van der Waals surface area contributed by atoms with Crippen molar-refractivity contribution < 1.29 is 4.74 Å². The molecule has 1 aromatic carbocycles. The molecule has 0 atom stereocenters. The van der Waals surface area contributed by atoms with Gasteiger partial charge in [-0.25, -0.2) is 15.8 Å². The zero-order valence-electron chi connectivity index (χ0n) is 12.1. The quantitative estimate of drug-likeness (QED) is 0.565. The van der Waals surface area contributed by atoms with Gasteiger partial charge in [0.15, 0.2) is 0 Å². The molecule has 0 saturated carbocycles. The number of nitrogen functional groups attached to an aromatic ring is 1. The van der Waals surface area contributed by atoms with Gasteiger partial charge in [-0.1, -0.05) is 13.8 Å². The van der Waals surface area contributed by atoms with Gasteiger partial charge in [0.05, 0.1) is 11.6 Å². The molecule has 6 nitrogen and oxygen atoms in total. The number of benzene rings is 1. The molecule has 0 amide bonds. The SMILES string of the molecule is COc1ccc(Nc2cc(NN)nc(C(C)C)n2)cc1Br. The molecule has 0 aliphatic heterocycles. The van der Waals surface area contributed by atoms with Crippen LogP contribution in [0.3, 0.4) is 0 Å². The number of hydrogen-bond donors (Lipinski definition) is 3. The van der Waals surface area contributed by atoms with E-state index >= 15 is 0 Å². The lowest BCUT2D eigenvalue weighted by atomic mass is 10.2. The van der Waals surface area contributed by atoms with Gasteiger partial charge in [-0.2, -0.15) is 0 Å². The van der Waals surface area contributed by atoms with E-state index in [-0.39, 0.29) is 5.92 Å². The summed E-state index contributed by atoms with van der Waals surface area (Å²) in [4.78, 5) is 8.81. The molecule has 0 bridgehead atoms. The number of hydrogen-bond acceptors (Lipinski definition) is 6. The van der Waals surface area contributed by atoms with Gasteiger partial charge in [-0.3, -0.25) is 0 Å². The average Bonchev–Trinajstić information content (AvgIpc) is 2.47. The average molecular weight is 352 g/mol. The van der Waals surface area contributed by atoms with Crippen LogP contribution in [0.15, 0.2) is 28.7 Å². The van der Waals surface area contributed by atoms with Crippen molar-refractivity contribution in [3.8, 4) is 5.75 Å². The van der Waals surface area contributed by atoms with E-state index in [1.165, 1.54) is 0 Å². The first-order valence-electron chi connectivity index (χ1n) is 6.49. The maximum atomic E-state index is 5.45.